The van der Waals surface area contributed by atoms with Gasteiger partial charge in [-0.1, -0.05) is 77.8 Å². The van der Waals surface area contributed by atoms with E-state index in [1.807, 2.05) is 31.3 Å². The molecule has 6 rings (SSSR count). The molecule has 4 saturated carbocycles. The van der Waals surface area contributed by atoms with Crippen molar-refractivity contribution in [1.82, 2.24) is 9.80 Å². The number of rotatable bonds is 13. The molecule has 10 heteroatoms. The lowest BCUT2D eigenvalue weighted by Gasteiger charge is -2.72. The zero-order valence-electron chi connectivity index (χ0n) is 37.9. The summed E-state index contributed by atoms with van der Waals surface area (Å²) in [6.45, 7) is 23.2. The van der Waals surface area contributed by atoms with E-state index in [0.29, 0.717) is 49.5 Å². The second-order valence-corrected chi connectivity index (χ2v) is 22.3. The van der Waals surface area contributed by atoms with E-state index in [1.54, 1.807) is 25.7 Å². The van der Waals surface area contributed by atoms with Crippen LogP contribution in [0.2, 0.25) is 5.02 Å². The van der Waals surface area contributed by atoms with Crippen LogP contribution in [0, 0.1) is 56.2 Å². The summed E-state index contributed by atoms with van der Waals surface area (Å²) in [7, 11) is 1.81. The second-order valence-electron chi connectivity index (χ2n) is 21.9. The number of aliphatic carboxylic acids is 1. The molecule has 1 aromatic rings. The minimum Gasteiger partial charge on any atom is -0.481 e. The van der Waals surface area contributed by atoms with Crippen LogP contribution in [0.3, 0.4) is 0 Å². The first kappa shape index (κ1) is 45.8. The van der Waals surface area contributed by atoms with Crippen LogP contribution in [0.15, 0.2) is 35.4 Å². The fourth-order valence-corrected chi connectivity index (χ4v) is 14.0. The summed E-state index contributed by atoms with van der Waals surface area (Å²) < 4.78 is 6.19. The minimum absolute atomic E-state index is 0.000486. The van der Waals surface area contributed by atoms with Gasteiger partial charge in [-0.3, -0.25) is 24.1 Å². The molecule has 0 saturated heterocycles. The van der Waals surface area contributed by atoms with Gasteiger partial charge in [0.1, 0.15) is 6.10 Å². The molecule has 0 aromatic heterocycles. The summed E-state index contributed by atoms with van der Waals surface area (Å²) in [6.07, 6.45) is 6.69. The summed E-state index contributed by atoms with van der Waals surface area (Å²) in [5.74, 6) is -0.208. The van der Waals surface area contributed by atoms with Crippen LogP contribution in [0.4, 0.5) is 0 Å². The van der Waals surface area contributed by atoms with Crippen LogP contribution in [0.5, 0.6) is 0 Å². The van der Waals surface area contributed by atoms with Gasteiger partial charge in [-0.2, -0.15) is 0 Å². The number of fused-ring (bicyclic) bond motifs is 7. The Morgan fingerprint density at radius 2 is 1.58 bits per heavy atom. The Morgan fingerprint density at radius 1 is 0.915 bits per heavy atom. The normalized spacial score (nSPS) is 34.5. The number of hydrogen-bond acceptors (Lipinski definition) is 7. The predicted molar refractivity (Wildman–Crippen MR) is 231 cm³/mol. The average molecular weight is 838 g/mol. The molecule has 0 spiro atoms. The lowest BCUT2D eigenvalue weighted by molar-refractivity contribution is -0.235. The number of ether oxygens (including phenoxy) is 1. The van der Waals surface area contributed by atoms with Gasteiger partial charge in [-0.15, -0.1) is 0 Å². The molecule has 0 unspecified atom stereocenters. The zero-order chi connectivity index (χ0) is 43.7. The molecule has 0 aliphatic heterocycles. The molecule has 0 radical (unpaired) electrons. The molecule has 2 N–H and O–H groups in total. The maximum absolute atomic E-state index is 14.4. The van der Waals surface area contributed by atoms with E-state index in [4.69, 9.17) is 16.3 Å². The summed E-state index contributed by atoms with van der Waals surface area (Å²) in [6, 6.07) is 7.80. The average Bonchev–Trinajstić information content (AvgIpc) is 3.45. The van der Waals surface area contributed by atoms with Crippen molar-refractivity contribution >= 4 is 35.2 Å². The fraction of sp³-hybridized carbons (Fsp3) is 0.755. The quantitative estimate of drug-likeness (QED) is 0.189. The van der Waals surface area contributed by atoms with Crippen molar-refractivity contribution in [2.45, 2.75) is 152 Å². The number of halogens is 1. The fourth-order valence-electron chi connectivity index (χ4n) is 13.9. The standard InChI is InChI=1S/C49H73ClN2O7/c1-30(2)41-35(54)26-49(38(55)29-52(25-24-51(11)31(3)53)28-32-12-14-33(50)15-13-32)23-22-47(9)34(42(41)49)16-17-37-46(8)20-19-39(59-40(56)27-44(4,5)43(57)58)45(6,7)36(46)18-21-48(37,47)10/h12-15,30,34,36-39,55H,16-29H2,1-11H3,(H,57,58)/t34-,36+,37-,38+,39+,46+,47-,48-,49+/m1/s1. The SMILES string of the molecule is CC(=O)N(C)CCN(Cc1ccc(Cl)cc1)C[C@H](O)[C@@]12CC[C@]3(C)[C@H](CC[C@@H]4[C@@]5(C)CC[C@H](OC(=O)CC(C)(C)C(=O)O)C(C)(C)[C@@H]5CC[C@]43C)C1=C(C(C)C)C(=O)C2. The third-order valence-electron chi connectivity index (χ3n) is 17.5. The van der Waals surface area contributed by atoms with Crippen molar-refractivity contribution in [3.05, 3.63) is 46.0 Å². The number of carboxylic acids is 1. The molecule has 0 heterocycles. The first-order chi connectivity index (χ1) is 27.3. The zero-order valence-corrected chi connectivity index (χ0v) is 38.6. The highest BCUT2D eigenvalue weighted by Gasteiger charge is 2.71. The smallest absolute Gasteiger partial charge is 0.309 e. The van der Waals surface area contributed by atoms with E-state index in [1.165, 1.54) is 5.57 Å². The van der Waals surface area contributed by atoms with Gasteiger partial charge in [-0.05, 0) is 128 Å². The highest BCUT2D eigenvalue weighted by molar-refractivity contribution is 6.30. The molecule has 1 aromatic carbocycles. The summed E-state index contributed by atoms with van der Waals surface area (Å²) >= 11 is 6.24. The number of allylic oxidation sites excluding steroid dienone is 1. The monoisotopic (exact) mass is 837 g/mol. The van der Waals surface area contributed by atoms with E-state index in [0.717, 1.165) is 62.5 Å². The van der Waals surface area contributed by atoms with Crippen molar-refractivity contribution in [1.29, 1.82) is 0 Å². The van der Waals surface area contributed by atoms with E-state index >= 15 is 0 Å². The Hall–Kier alpha value is -2.75. The van der Waals surface area contributed by atoms with Crippen molar-refractivity contribution in [2.24, 2.45) is 56.2 Å². The highest BCUT2D eigenvalue weighted by Crippen LogP contribution is 2.77. The number of hydrogen-bond donors (Lipinski definition) is 2. The number of benzene rings is 1. The third kappa shape index (κ3) is 7.85. The van der Waals surface area contributed by atoms with Crippen LogP contribution in [0.25, 0.3) is 0 Å². The molecule has 9 atom stereocenters. The number of Topliss-reactive ketones (excluding diaryl/α,β-unsaturated/α-hetero) is 1. The minimum atomic E-state index is -1.18. The van der Waals surface area contributed by atoms with Crippen molar-refractivity contribution in [3.8, 4) is 0 Å². The molecular weight excluding hydrogens is 764 g/mol. The van der Waals surface area contributed by atoms with Gasteiger partial charge in [0.05, 0.1) is 17.9 Å². The largest absolute Gasteiger partial charge is 0.481 e. The predicted octanol–water partition coefficient (Wildman–Crippen LogP) is 9.37. The van der Waals surface area contributed by atoms with E-state index in [2.05, 4.69) is 53.4 Å². The first-order valence-corrected chi connectivity index (χ1v) is 22.8. The van der Waals surface area contributed by atoms with E-state index < -0.39 is 28.9 Å². The van der Waals surface area contributed by atoms with Crippen LogP contribution in [-0.4, -0.2) is 82.5 Å². The number of nitrogens with zero attached hydrogens (tertiary/aromatic N) is 2. The Balaban J connectivity index is 1.29. The van der Waals surface area contributed by atoms with Gasteiger partial charge in [0, 0.05) is 62.4 Å². The van der Waals surface area contributed by atoms with Crippen molar-refractivity contribution < 1.29 is 34.1 Å². The molecule has 0 bridgehead atoms. The maximum atomic E-state index is 14.4. The van der Waals surface area contributed by atoms with Crippen LogP contribution >= 0.6 is 11.6 Å². The Kier molecular flexibility index (Phi) is 12.6. The number of carbonyl (C=O) groups is 4. The summed E-state index contributed by atoms with van der Waals surface area (Å²) in [4.78, 5) is 55.5. The number of ketones is 1. The number of likely N-dealkylation sites (N-methyl/N-ethyl adjacent to an activating group) is 1. The second kappa shape index (κ2) is 16.2. The Bertz CT molecular complexity index is 1840. The molecule has 5 aliphatic rings. The number of amides is 1. The van der Waals surface area contributed by atoms with Gasteiger partial charge < -0.3 is 19.8 Å². The first-order valence-electron chi connectivity index (χ1n) is 22.4. The van der Waals surface area contributed by atoms with Gasteiger partial charge in [0.2, 0.25) is 5.91 Å². The topological polar surface area (TPSA) is 124 Å². The number of aliphatic hydroxyl groups excluding tert-OH is 1. The Morgan fingerprint density at radius 3 is 2.19 bits per heavy atom. The maximum Gasteiger partial charge on any atom is 0.309 e. The van der Waals surface area contributed by atoms with Crippen molar-refractivity contribution in [2.75, 3.05) is 26.7 Å². The molecule has 328 valence electrons. The number of carboxylic acid groups (broad SMARTS) is 1. The Labute approximate surface area is 359 Å². The molecular formula is C49H73ClN2O7. The van der Waals surface area contributed by atoms with Gasteiger partial charge in [-0.25, -0.2) is 0 Å². The van der Waals surface area contributed by atoms with Gasteiger partial charge in [0.15, 0.2) is 5.78 Å². The lowest BCUT2D eigenvalue weighted by Crippen LogP contribution is -2.66. The number of carbonyl (C=O) groups excluding carboxylic acids is 3. The van der Waals surface area contributed by atoms with Crippen LogP contribution in [0.1, 0.15) is 139 Å². The number of aliphatic hydroxyl groups is 1. The van der Waals surface area contributed by atoms with Crippen LogP contribution < -0.4 is 0 Å². The summed E-state index contributed by atoms with van der Waals surface area (Å²) in [5.41, 5.74) is 1.15. The van der Waals surface area contributed by atoms with Crippen LogP contribution in [-0.2, 0) is 30.5 Å². The lowest BCUT2D eigenvalue weighted by atomic mass is 9.33. The van der Waals surface area contributed by atoms with Gasteiger partial charge in [0.25, 0.3) is 0 Å². The van der Waals surface area contributed by atoms with E-state index in [-0.39, 0.29) is 57.7 Å². The van der Waals surface area contributed by atoms with E-state index in [9.17, 15) is 29.4 Å². The highest BCUT2D eigenvalue weighted by atomic mass is 35.5. The molecule has 1 amide bonds. The summed E-state index contributed by atoms with van der Waals surface area (Å²) in [5, 5.41) is 23.1. The van der Waals surface area contributed by atoms with Gasteiger partial charge >= 0.3 is 11.9 Å². The molecule has 4 fully saturated rings. The molecule has 9 nitrogen and oxygen atoms in total. The molecule has 59 heavy (non-hydrogen) atoms. The molecule has 5 aliphatic carbocycles. The third-order valence-corrected chi connectivity index (χ3v) is 17.8. The number of esters is 1. The van der Waals surface area contributed by atoms with Crippen molar-refractivity contribution in [3.63, 3.8) is 0 Å².